The van der Waals surface area contributed by atoms with Gasteiger partial charge in [0.25, 0.3) is 0 Å². The molecule has 0 radical (unpaired) electrons. The largest absolute Gasteiger partial charge is 0.496 e. The number of benzene rings is 1. The fourth-order valence-corrected chi connectivity index (χ4v) is 4.29. The Balaban J connectivity index is 2.85. The number of hydrogen-bond donors (Lipinski definition) is 1. The molecule has 0 spiro atoms. The molecule has 1 aromatic rings. The van der Waals surface area contributed by atoms with Gasteiger partial charge in [-0.1, -0.05) is 71.0 Å². The standard InChI is InChI=1S/C28H39NO/c1-9-12-16-21(6)28-26(20(5)15-10-2)27(23-17-13-14-18-24(23)30-8)25(19(4)11-3)22(7)29-28/h13-14,16-18,27,29H,4-5,9-12,15H2,1-3,6-8H3/b21-16-. The molecule has 0 aromatic heterocycles. The van der Waals surface area contributed by atoms with E-state index in [4.69, 9.17) is 4.74 Å². The molecule has 30 heavy (non-hydrogen) atoms. The second kappa shape index (κ2) is 11.1. The number of dihydropyridines is 1. The highest BCUT2D eigenvalue weighted by Crippen LogP contribution is 2.48. The van der Waals surface area contributed by atoms with E-state index in [1.165, 1.54) is 39.2 Å². The highest BCUT2D eigenvalue weighted by atomic mass is 16.5. The maximum absolute atomic E-state index is 5.80. The fraction of sp³-hybridized carbons (Fsp3) is 0.429. The predicted molar refractivity (Wildman–Crippen MR) is 131 cm³/mol. The summed E-state index contributed by atoms with van der Waals surface area (Å²) in [5, 5.41) is 3.75. The van der Waals surface area contributed by atoms with Crippen LogP contribution >= 0.6 is 0 Å². The van der Waals surface area contributed by atoms with E-state index in [0.29, 0.717) is 0 Å². The molecule has 1 aromatic carbocycles. The van der Waals surface area contributed by atoms with Crippen molar-refractivity contribution in [1.29, 1.82) is 0 Å². The zero-order chi connectivity index (χ0) is 22.3. The van der Waals surface area contributed by atoms with Crippen LogP contribution in [0.5, 0.6) is 5.75 Å². The minimum Gasteiger partial charge on any atom is -0.496 e. The molecule has 2 nitrogen and oxygen atoms in total. The van der Waals surface area contributed by atoms with E-state index in [9.17, 15) is 0 Å². The van der Waals surface area contributed by atoms with E-state index in [1.807, 2.05) is 6.07 Å². The lowest BCUT2D eigenvalue weighted by Crippen LogP contribution is -2.28. The third-order valence-corrected chi connectivity index (χ3v) is 5.89. The number of methoxy groups -OCH3 is 1. The van der Waals surface area contributed by atoms with Crippen LogP contribution in [0.1, 0.15) is 78.2 Å². The second-order valence-electron chi connectivity index (χ2n) is 8.11. The minimum absolute atomic E-state index is 0.0638. The average Bonchev–Trinajstić information content (AvgIpc) is 2.76. The Kier molecular flexibility index (Phi) is 8.77. The predicted octanol–water partition coefficient (Wildman–Crippen LogP) is 7.98. The molecule has 0 saturated carbocycles. The number of rotatable bonds is 10. The second-order valence-corrected chi connectivity index (χ2v) is 8.11. The molecule has 0 bridgehead atoms. The van der Waals surface area contributed by atoms with E-state index in [-0.39, 0.29) is 5.92 Å². The number of unbranched alkanes of at least 4 members (excludes halogenated alkanes) is 1. The molecule has 0 fully saturated rings. The van der Waals surface area contributed by atoms with Crippen LogP contribution in [0.2, 0.25) is 0 Å². The van der Waals surface area contributed by atoms with Gasteiger partial charge in [0, 0.05) is 22.9 Å². The molecule has 1 heterocycles. The summed E-state index contributed by atoms with van der Waals surface area (Å²) in [4.78, 5) is 0. The molecular weight excluding hydrogens is 366 g/mol. The number of nitrogens with one attached hydrogen (secondary N) is 1. The summed E-state index contributed by atoms with van der Waals surface area (Å²) in [5.41, 5.74) is 9.72. The Morgan fingerprint density at radius 1 is 1.07 bits per heavy atom. The number of allylic oxidation sites excluding steroid dienone is 7. The van der Waals surface area contributed by atoms with Gasteiger partial charge in [-0.15, -0.1) is 0 Å². The summed E-state index contributed by atoms with van der Waals surface area (Å²) in [5.74, 6) is 0.976. The molecule has 2 rings (SSSR count). The van der Waals surface area contributed by atoms with E-state index < -0.39 is 0 Å². The fourth-order valence-electron chi connectivity index (χ4n) is 4.29. The van der Waals surface area contributed by atoms with Gasteiger partial charge >= 0.3 is 0 Å². The Morgan fingerprint density at radius 3 is 2.37 bits per heavy atom. The van der Waals surface area contributed by atoms with E-state index in [1.54, 1.807) is 7.11 Å². The maximum Gasteiger partial charge on any atom is 0.123 e. The van der Waals surface area contributed by atoms with Gasteiger partial charge in [0.1, 0.15) is 5.75 Å². The van der Waals surface area contributed by atoms with Crippen LogP contribution in [-0.2, 0) is 0 Å². The molecule has 1 aliphatic heterocycles. The summed E-state index contributed by atoms with van der Waals surface area (Å²) in [7, 11) is 1.75. The quantitative estimate of drug-likeness (QED) is 0.426. The summed E-state index contributed by atoms with van der Waals surface area (Å²) >= 11 is 0. The molecule has 0 saturated heterocycles. The van der Waals surface area contributed by atoms with Crippen molar-refractivity contribution in [2.24, 2.45) is 0 Å². The smallest absolute Gasteiger partial charge is 0.123 e. The topological polar surface area (TPSA) is 21.3 Å². The summed E-state index contributed by atoms with van der Waals surface area (Å²) < 4.78 is 5.80. The summed E-state index contributed by atoms with van der Waals surface area (Å²) in [6.07, 6.45) is 7.50. The van der Waals surface area contributed by atoms with Gasteiger partial charge in [0.2, 0.25) is 0 Å². The normalized spacial score (nSPS) is 17.1. The van der Waals surface area contributed by atoms with E-state index >= 15 is 0 Å². The summed E-state index contributed by atoms with van der Waals surface area (Å²) in [6.45, 7) is 20.0. The van der Waals surface area contributed by atoms with Crippen molar-refractivity contribution in [3.63, 3.8) is 0 Å². The van der Waals surface area contributed by atoms with Crippen molar-refractivity contribution >= 4 is 0 Å². The first-order valence-corrected chi connectivity index (χ1v) is 11.3. The first kappa shape index (κ1) is 23.8. The zero-order valence-corrected chi connectivity index (χ0v) is 19.8. The highest BCUT2D eigenvalue weighted by Gasteiger charge is 2.34. The van der Waals surface area contributed by atoms with Crippen LogP contribution in [0, 0.1) is 0 Å². The van der Waals surface area contributed by atoms with Crippen LogP contribution in [-0.4, -0.2) is 7.11 Å². The van der Waals surface area contributed by atoms with Crippen molar-refractivity contribution in [3.8, 4) is 5.75 Å². The van der Waals surface area contributed by atoms with Gasteiger partial charge < -0.3 is 10.1 Å². The lowest BCUT2D eigenvalue weighted by molar-refractivity contribution is 0.408. The Labute approximate surface area is 184 Å². The highest BCUT2D eigenvalue weighted by molar-refractivity contribution is 5.62. The number of hydrogen-bond acceptors (Lipinski definition) is 2. The first-order valence-electron chi connectivity index (χ1n) is 11.3. The van der Waals surface area contributed by atoms with Gasteiger partial charge in [0.15, 0.2) is 0 Å². The van der Waals surface area contributed by atoms with Crippen molar-refractivity contribution in [3.05, 3.63) is 88.3 Å². The Hall–Kier alpha value is -2.48. The van der Waals surface area contributed by atoms with Crippen molar-refractivity contribution < 1.29 is 4.74 Å². The molecule has 0 aliphatic carbocycles. The maximum atomic E-state index is 5.80. The Bertz CT molecular complexity index is 882. The number of ether oxygens (including phenoxy) is 1. The lowest BCUT2D eigenvalue weighted by atomic mass is 9.73. The molecule has 1 unspecified atom stereocenters. The number of para-hydroxylation sites is 1. The Morgan fingerprint density at radius 2 is 1.77 bits per heavy atom. The minimum atomic E-state index is 0.0638. The lowest BCUT2D eigenvalue weighted by Gasteiger charge is -2.36. The van der Waals surface area contributed by atoms with Crippen LogP contribution in [0.3, 0.4) is 0 Å². The van der Waals surface area contributed by atoms with Gasteiger partial charge in [-0.2, -0.15) is 0 Å². The van der Waals surface area contributed by atoms with E-state index in [0.717, 1.165) is 43.4 Å². The molecule has 1 N–H and O–H groups in total. The van der Waals surface area contributed by atoms with Crippen LogP contribution in [0.15, 0.2) is 82.8 Å². The third-order valence-electron chi connectivity index (χ3n) is 5.89. The summed E-state index contributed by atoms with van der Waals surface area (Å²) in [6, 6.07) is 8.37. The molecule has 162 valence electrons. The van der Waals surface area contributed by atoms with Gasteiger partial charge in [0.05, 0.1) is 7.11 Å². The average molecular weight is 406 g/mol. The first-order chi connectivity index (χ1) is 14.4. The van der Waals surface area contributed by atoms with Gasteiger partial charge in [-0.05, 0) is 67.0 Å². The molecule has 0 amide bonds. The van der Waals surface area contributed by atoms with Crippen molar-refractivity contribution in [2.45, 2.75) is 72.6 Å². The zero-order valence-electron chi connectivity index (χ0n) is 19.8. The van der Waals surface area contributed by atoms with Gasteiger partial charge in [-0.25, -0.2) is 0 Å². The van der Waals surface area contributed by atoms with Crippen molar-refractivity contribution in [2.75, 3.05) is 7.11 Å². The van der Waals surface area contributed by atoms with Crippen LogP contribution in [0.4, 0.5) is 0 Å². The van der Waals surface area contributed by atoms with Gasteiger partial charge in [-0.3, -0.25) is 0 Å². The van der Waals surface area contributed by atoms with Crippen LogP contribution in [0.25, 0.3) is 0 Å². The molecule has 1 aliphatic rings. The monoisotopic (exact) mass is 405 g/mol. The molecule has 2 heteroatoms. The molecule has 1 atom stereocenters. The van der Waals surface area contributed by atoms with E-state index in [2.05, 4.69) is 77.4 Å². The third kappa shape index (κ3) is 4.98. The van der Waals surface area contributed by atoms with Crippen LogP contribution < -0.4 is 10.1 Å². The SMILES string of the molecule is C=C(CC)C1=C(C)NC(/C(C)=C\CCC)=C(C(=C)CCC)C1c1ccccc1OC. The van der Waals surface area contributed by atoms with Crippen molar-refractivity contribution in [1.82, 2.24) is 5.32 Å². The molecular formula is C28H39NO.